The van der Waals surface area contributed by atoms with Crippen LogP contribution in [0.5, 0.6) is 0 Å². The Bertz CT molecular complexity index is 3030. The number of carbonyl (C=O) groups excluding carboxylic acids is 6. The lowest BCUT2D eigenvalue weighted by atomic mass is 9.88. The normalized spacial score (nSPS) is 13.0. The van der Waals surface area contributed by atoms with E-state index in [0.717, 1.165) is 55.1 Å². The lowest BCUT2D eigenvalue weighted by Crippen LogP contribution is -2.31. The SMILES string of the molecule is C=C(C)C(=O)N(C)CC1=Cc2cccc3cccc(c23)C1=O.C=C(C)C(=O)OC1=CC(=O)c2cccc3cccc1c23.C=CC(=O)OC1=CC(=O)c2cccc3cccc1c23. The molecule has 0 unspecified atom stereocenters. The number of ketones is 3. The van der Waals surface area contributed by atoms with E-state index in [0.29, 0.717) is 33.4 Å². The van der Waals surface area contributed by atoms with E-state index >= 15 is 0 Å². The second kappa shape index (κ2) is 17.1. The minimum Gasteiger partial charge on any atom is -0.423 e. The molecule has 0 bridgehead atoms. The van der Waals surface area contributed by atoms with Crippen molar-refractivity contribution in [2.24, 2.45) is 0 Å². The van der Waals surface area contributed by atoms with Crippen LogP contribution in [0.3, 0.4) is 0 Å². The first kappa shape index (κ1) is 41.1. The van der Waals surface area contributed by atoms with Crippen LogP contribution in [0, 0.1) is 0 Å². The summed E-state index contributed by atoms with van der Waals surface area (Å²) in [6, 6.07) is 34.1. The summed E-state index contributed by atoms with van der Waals surface area (Å²) in [5.74, 6) is -1.01. The number of hydrogen-bond acceptors (Lipinski definition) is 8. The number of carbonyl (C=O) groups is 6. The van der Waals surface area contributed by atoms with E-state index in [4.69, 9.17) is 9.47 Å². The molecule has 9 rings (SSSR count). The average Bonchev–Trinajstić information content (AvgIpc) is 3.26. The van der Waals surface area contributed by atoms with Crippen molar-refractivity contribution in [3.63, 3.8) is 0 Å². The second-order valence-corrected chi connectivity index (χ2v) is 14.7. The number of nitrogens with zero attached hydrogens (tertiary/aromatic N) is 1. The summed E-state index contributed by atoms with van der Waals surface area (Å²) >= 11 is 0. The zero-order valence-corrected chi connectivity index (χ0v) is 33.7. The van der Waals surface area contributed by atoms with Gasteiger partial charge in [0.1, 0.15) is 11.5 Å². The van der Waals surface area contributed by atoms with Crippen molar-refractivity contribution in [2.75, 3.05) is 13.6 Å². The first-order valence-corrected chi connectivity index (χ1v) is 19.2. The zero-order chi connectivity index (χ0) is 43.5. The quantitative estimate of drug-likeness (QED) is 0.115. The first-order valence-electron chi connectivity index (χ1n) is 19.2. The molecule has 0 aliphatic heterocycles. The Hall–Kier alpha value is -8.04. The summed E-state index contributed by atoms with van der Waals surface area (Å²) in [7, 11) is 1.69. The van der Waals surface area contributed by atoms with Gasteiger partial charge in [-0.2, -0.15) is 0 Å². The van der Waals surface area contributed by atoms with Crippen LogP contribution in [-0.4, -0.2) is 53.7 Å². The molecule has 9 heteroatoms. The van der Waals surface area contributed by atoms with Gasteiger partial charge in [-0.05, 0) is 41.6 Å². The Morgan fingerprint density at radius 2 is 1.02 bits per heavy atom. The monoisotopic (exact) mass is 805 g/mol. The van der Waals surface area contributed by atoms with Gasteiger partial charge in [0.2, 0.25) is 5.91 Å². The van der Waals surface area contributed by atoms with Crippen molar-refractivity contribution in [3.05, 3.63) is 197 Å². The minimum absolute atomic E-state index is 0.00864. The maximum atomic E-state index is 12.7. The number of esters is 2. The van der Waals surface area contributed by atoms with Crippen LogP contribution in [-0.2, 0) is 23.9 Å². The summed E-state index contributed by atoms with van der Waals surface area (Å²) in [6.07, 6.45) is 5.67. The highest BCUT2D eigenvalue weighted by Crippen LogP contribution is 2.36. The van der Waals surface area contributed by atoms with Crippen LogP contribution in [0.1, 0.15) is 61.6 Å². The number of Topliss-reactive ketones (excluding diaryl/α,β-unsaturated/α-hetero) is 1. The van der Waals surface area contributed by atoms with E-state index in [2.05, 4.69) is 19.7 Å². The minimum atomic E-state index is -0.574. The molecule has 300 valence electrons. The molecule has 3 aliphatic rings. The highest BCUT2D eigenvalue weighted by Gasteiger charge is 2.26. The van der Waals surface area contributed by atoms with Crippen molar-refractivity contribution in [3.8, 4) is 0 Å². The van der Waals surface area contributed by atoms with Crippen LogP contribution < -0.4 is 0 Å². The largest absolute Gasteiger partial charge is 0.423 e. The Morgan fingerprint density at radius 3 is 1.49 bits per heavy atom. The van der Waals surface area contributed by atoms with Crippen molar-refractivity contribution in [1.82, 2.24) is 4.90 Å². The molecule has 0 spiro atoms. The number of hydrogen-bond donors (Lipinski definition) is 0. The summed E-state index contributed by atoms with van der Waals surface area (Å²) < 4.78 is 10.4. The van der Waals surface area contributed by atoms with E-state index in [1.807, 2.05) is 103 Å². The molecule has 0 fully saturated rings. The van der Waals surface area contributed by atoms with Gasteiger partial charge in [-0.3, -0.25) is 19.2 Å². The predicted octanol–water partition coefficient (Wildman–Crippen LogP) is 10.1. The van der Waals surface area contributed by atoms with E-state index in [1.165, 1.54) is 17.1 Å². The number of rotatable bonds is 7. The molecule has 61 heavy (non-hydrogen) atoms. The van der Waals surface area contributed by atoms with Crippen LogP contribution in [0.2, 0.25) is 0 Å². The third-order valence-electron chi connectivity index (χ3n) is 10.2. The number of amides is 1. The molecule has 0 saturated heterocycles. The van der Waals surface area contributed by atoms with Crippen LogP contribution in [0.15, 0.2) is 164 Å². The first-order chi connectivity index (χ1) is 29.3. The molecule has 6 aromatic rings. The number of allylic oxidation sites excluding steroid dienone is 2. The molecule has 9 nitrogen and oxygen atoms in total. The molecular formula is C52H39NO8. The van der Waals surface area contributed by atoms with Gasteiger partial charge in [0.05, 0.1) is 0 Å². The maximum Gasteiger partial charge on any atom is 0.338 e. The van der Waals surface area contributed by atoms with Gasteiger partial charge in [0.25, 0.3) is 0 Å². The Balaban J connectivity index is 0.000000138. The molecule has 0 heterocycles. The summed E-state index contributed by atoms with van der Waals surface area (Å²) in [5.41, 5.74) is 5.90. The lowest BCUT2D eigenvalue weighted by molar-refractivity contribution is -0.132. The van der Waals surface area contributed by atoms with Crippen molar-refractivity contribution in [2.45, 2.75) is 13.8 Å². The maximum absolute atomic E-state index is 12.7. The van der Waals surface area contributed by atoms with Gasteiger partial charge in [-0.1, -0.05) is 129 Å². The zero-order valence-electron chi connectivity index (χ0n) is 33.7. The van der Waals surface area contributed by atoms with E-state index in [9.17, 15) is 28.8 Å². The standard InChI is InChI=1S/C19H17NO2.C17H12O3.C16H10O3/c1-12(2)19(22)20(3)11-15-10-14-8-4-6-13-7-5-9-16(17(13)14)18(15)21;1-10(2)17(19)20-15-9-14(18)12-7-3-5-11-6-4-8-13(15)16(11)12;1-2-15(18)19-14-9-13(17)11-7-3-5-10-6-4-8-12(14)16(10)11/h4-10H,1,11H2,2-3H3;3-9H,1H2,2H3;2-9H,1H2. The molecule has 1 amide bonds. The van der Waals surface area contributed by atoms with Crippen molar-refractivity contribution in [1.29, 1.82) is 0 Å². The van der Waals surface area contributed by atoms with Crippen LogP contribution in [0.25, 0.3) is 49.9 Å². The Kier molecular flexibility index (Phi) is 11.5. The third-order valence-corrected chi connectivity index (χ3v) is 10.2. The third kappa shape index (κ3) is 8.17. The fourth-order valence-corrected chi connectivity index (χ4v) is 7.43. The van der Waals surface area contributed by atoms with Crippen molar-refractivity contribution < 1.29 is 38.2 Å². The van der Waals surface area contributed by atoms with E-state index in [-0.39, 0.29) is 41.3 Å². The number of ether oxygens (including phenoxy) is 2. The fraction of sp³-hybridized carbons (Fsp3) is 0.0769. The molecule has 0 aromatic heterocycles. The summed E-state index contributed by atoms with van der Waals surface area (Å²) in [4.78, 5) is 73.4. The van der Waals surface area contributed by atoms with Gasteiger partial charge in [0.15, 0.2) is 17.3 Å². The molecule has 0 atom stereocenters. The van der Waals surface area contributed by atoms with Crippen molar-refractivity contribution >= 4 is 85.1 Å². The van der Waals surface area contributed by atoms with E-state index < -0.39 is 11.9 Å². The molecule has 0 saturated carbocycles. The Labute approximate surface area is 351 Å². The summed E-state index contributed by atoms with van der Waals surface area (Å²) in [6.45, 7) is 14.1. The average molecular weight is 806 g/mol. The smallest absolute Gasteiger partial charge is 0.338 e. The van der Waals surface area contributed by atoms with Gasteiger partial charge >= 0.3 is 11.9 Å². The summed E-state index contributed by atoms with van der Waals surface area (Å²) in [5, 5.41) is 5.60. The molecule has 0 N–H and O–H groups in total. The van der Waals surface area contributed by atoms with E-state index in [1.54, 1.807) is 33.0 Å². The topological polar surface area (TPSA) is 124 Å². The van der Waals surface area contributed by atoms with Gasteiger partial charge in [0, 0.05) is 92.5 Å². The molecular weight excluding hydrogens is 767 g/mol. The second-order valence-electron chi connectivity index (χ2n) is 14.7. The molecule has 6 aromatic carbocycles. The number of likely N-dealkylation sites (N-methyl/N-ethyl adjacent to an activating group) is 1. The fourth-order valence-electron chi connectivity index (χ4n) is 7.43. The van der Waals surface area contributed by atoms with Gasteiger partial charge < -0.3 is 14.4 Å². The number of benzene rings is 6. The lowest BCUT2D eigenvalue weighted by Gasteiger charge is -2.22. The van der Waals surface area contributed by atoms with Gasteiger partial charge in [-0.15, -0.1) is 0 Å². The highest BCUT2D eigenvalue weighted by molar-refractivity contribution is 6.24. The predicted molar refractivity (Wildman–Crippen MR) is 238 cm³/mol. The molecule has 0 radical (unpaired) electrons. The van der Waals surface area contributed by atoms with Crippen LogP contribution in [0.4, 0.5) is 0 Å². The highest BCUT2D eigenvalue weighted by atomic mass is 16.5. The Morgan fingerprint density at radius 1 is 0.574 bits per heavy atom. The van der Waals surface area contributed by atoms with Crippen LogP contribution >= 0.6 is 0 Å². The molecule has 3 aliphatic carbocycles. The van der Waals surface area contributed by atoms with Gasteiger partial charge in [-0.25, -0.2) is 9.59 Å².